The molecule has 0 saturated heterocycles. The molecule has 22 heavy (non-hydrogen) atoms. The normalized spacial score (nSPS) is 12.5. The SMILES string of the molecule is COc1ccc(C(N)c2cc(C)nn(CC(C)C)c2=O)cc1. The molecule has 1 unspecified atom stereocenters. The number of hydrogen-bond acceptors (Lipinski definition) is 4. The topological polar surface area (TPSA) is 70.1 Å². The maximum Gasteiger partial charge on any atom is 0.271 e. The highest BCUT2D eigenvalue weighted by molar-refractivity contribution is 5.34. The van der Waals surface area contributed by atoms with Crippen LogP contribution in [0.2, 0.25) is 0 Å². The molecule has 1 aromatic carbocycles. The smallest absolute Gasteiger partial charge is 0.271 e. The first-order chi connectivity index (χ1) is 10.4. The van der Waals surface area contributed by atoms with Gasteiger partial charge in [-0.15, -0.1) is 0 Å². The fraction of sp³-hybridized carbons (Fsp3) is 0.412. The third-order valence-corrected chi connectivity index (χ3v) is 3.47. The molecule has 0 aliphatic rings. The van der Waals surface area contributed by atoms with Crippen LogP contribution in [-0.2, 0) is 6.54 Å². The first kappa shape index (κ1) is 16.2. The molecule has 0 aliphatic carbocycles. The van der Waals surface area contributed by atoms with Crippen molar-refractivity contribution >= 4 is 0 Å². The van der Waals surface area contributed by atoms with Crippen LogP contribution >= 0.6 is 0 Å². The van der Waals surface area contributed by atoms with Crippen molar-refractivity contribution in [3.05, 3.63) is 57.5 Å². The monoisotopic (exact) mass is 301 g/mol. The summed E-state index contributed by atoms with van der Waals surface area (Å²) in [5.74, 6) is 1.11. The lowest BCUT2D eigenvalue weighted by molar-refractivity contribution is 0.414. The molecule has 0 radical (unpaired) electrons. The Bertz CT molecular complexity index is 690. The van der Waals surface area contributed by atoms with E-state index in [4.69, 9.17) is 10.5 Å². The highest BCUT2D eigenvalue weighted by Crippen LogP contribution is 2.20. The summed E-state index contributed by atoms with van der Waals surface area (Å²) in [4.78, 5) is 12.6. The zero-order chi connectivity index (χ0) is 16.3. The summed E-state index contributed by atoms with van der Waals surface area (Å²) in [5, 5.41) is 4.31. The second-order valence-electron chi connectivity index (χ2n) is 5.87. The van der Waals surface area contributed by atoms with E-state index in [1.807, 2.05) is 31.2 Å². The Labute approximate surface area is 130 Å². The molecule has 0 saturated carbocycles. The molecule has 2 N–H and O–H groups in total. The second-order valence-corrected chi connectivity index (χ2v) is 5.87. The maximum atomic E-state index is 12.6. The van der Waals surface area contributed by atoms with E-state index in [1.54, 1.807) is 13.2 Å². The van der Waals surface area contributed by atoms with E-state index in [2.05, 4.69) is 18.9 Å². The van der Waals surface area contributed by atoms with E-state index >= 15 is 0 Å². The molecule has 118 valence electrons. The van der Waals surface area contributed by atoms with Crippen LogP contribution < -0.4 is 16.0 Å². The summed E-state index contributed by atoms with van der Waals surface area (Å²) in [6.45, 7) is 6.57. The van der Waals surface area contributed by atoms with E-state index in [0.717, 1.165) is 17.0 Å². The zero-order valence-electron chi connectivity index (χ0n) is 13.5. The number of aryl methyl sites for hydroxylation is 1. The van der Waals surface area contributed by atoms with Crippen LogP contribution in [0.4, 0.5) is 0 Å². The van der Waals surface area contributed by atoms with Gasteiger partial charge in [0.15, 0.2) is 0 Å². The minimum absolute atomic E-state index is 0.123. The molecule has 0 aliphatic heterocycles. The number of ether oxygens (including phenoxy) is 1. The molecule has 0 fully saturated rings. The Morgan fingerprint density at radius 1 is 1.27 bits per heavy atom. The quantitative estimate of drug-likeness (QED) is 0.919. The van der Waals surface area contributed by atoms with Gasteiger partial charge in [0, 0.05) is 12.1 Å². The van der Waals surface area contributed by atoms with E-state index in [-0.39, 0.29) is 5.56 Å². The van der Waals surface area contributed by atoms with Crippen LogP contribution in [-0.4, -0.2) is 16.9 Å². The van der Waals surface area contributed by atoms with Gasteiger partial charge in [-0.3, -0.25) is 4.79 Å². The number of rotatable bonds is 5. The average Bonchev–Trinajstić information content (AvgIpc) is 2.49. The Balaban J connectivity index is 2.41. The van der Waals surface area contributed by atoms with Crippen LogP contribution in [0.5, 0.6) is 5.75 Å². The van der Waals surface area contributed by atoms with Crippen molar-refractivity contribution in [3.8, 4) is 5.75 Å². The van der Waals surface area contributed by atoms with Gasteiger partial charge in [-0.25, -0.2) is 4.68 Å². The van der Waals surface area contributed by atoms with Gasteiger partial charge in [0.2, 0.25) is 0 Å². The highest BCUT2D eigenvalue weighted by Gasteiger charge is 2.16. The van der Waals surface area contributed by atoms with Crippen LogP contribution in [0.25, 0.3) is 0 Å². The predicted octanol–water partition coefficient (Wildman–Crippen LogP) is 2.26. The van der Waals surface area contributed by atoms with Gasteiger partial charge in [0.25, 0.3) is 5.56 Å². The first-order valence-electron chi connectivity index (χ1n) is 7.40. The summed E-state index contributed by atoms with van der Waals surface area (Å²) in [7, 11) is 1.62. The van der Waals surface area contributed by atoms with Crippen LogP contribution in [0, 0.1) is 12.8 Å². The molecule has 0 amide bonds. The maximum absolute atomic E-state index is 12.6. The Morgan fingerprint density at radius 3 is 2.45 bits per heavy atom. The molecule has 5 heteroatoms. The minimum Gasteiger partial charge on any atom is -0.497 e. The van der Waals surface area contributed by atoms with Gasteiger partial charge >= 0.3 is 0 Å². The standard InChI is InChI=1S/C17H23N3O2/c1-11(2)10-20-17(21)15(9-12(3)19-20)16(18)13-5-7-14(22-4)8-6-13/h5-9,11,16H,10,18H2,1-4H3. The molecule has 5 nitrogen and oxygen atoms in total. The molecule has 0 bridgehead atoms. The van der Waals surface area contributed by atoms with Crippen molar-refractivity contribution < 1.29 is 4.74 Å². The Morgan fingerprint density at radius 2 is 1.91 bits per heavy atom. The number of methoxy groups -OCH3 is 1. The van der Waals surface area contributed by atoms with Gasteiger partial charge in [0.05, 0.1) is 18.8 Å². The van der Waals surface area contributed by atoms with Gasteiger partial charge < -0.3 is 10.5 Å². The van der Waals surface area contributed by atoms with E-state index in [9.17, 15) is 4.79 Å². The van der Waals surface area contributed by atoms with E-state index < -0.39 is 6.04 Å². The second kappa shape index (κ2) is 6.75. The number of aromatic nitrogens is 2. The molecule has 1 heterocycles. The lowest BCUT2D eigenvalue weighted by Gasteiger charge is -2.16. The van der Waals surface area contributed by atoms with Gasteiger partial charge in [-0.05, 0) is 36.6 Å². The van der Waals surface area contributed by atoms with Crippen LogP contribution in [0.1, 0.15) is 36.7 Å². The zero-order valence-corrected chi connectivity index (χ0v) is 13.5. The van der Waals surface area contributed by atoms with Crippen molar-refractivity contribution in [1.82, 2.24) is 9.78 Å². The number of nitrogens with zero attached hydrogens (tertiary/aromatic N) is 2. The first-order valence-corrected chi connectivity index (χ1v) is 7.40. The number of nitrogens with two attached hydrogens (primary N) is 1. The van der Waals surface area contributed by atoms with Crippen LogP contribution in [0.15, 0.2) is 35.1 Å². The van der Waals surface area contributed by atoms with Gasteiger partial charge in [-0.2, -0.15) is 5.10 Å². The van der Waals surface area contributed by atoms with Crippen LogP contribution in [0.3, 0.4) is 0 Å². The summed E-state index contributed by atoms with van der Waals surface area (Å²) in [5.41, 5.74) is 8.41. The van der Waals surface area contributed by atoms with E-state index in [1.165, 1.54) is 4.68 Å². The lowest BCUT2D eigenvalue weighted by atomic mass is 10.0. The molecule has 0 spiro atoms. The predicted molar refractivity (Wildman–Crippen MR) is 87.1 cm³/mol. The Hall–Kier alpha value is -2.14. The largest absolute Gasteiger partial charge is 0.497 e. The summed E-state index contributed by atoms with van der Waals surface area (Å²) < 4.78 is 6.66. The molecule has 1 aromatic heterocycles. The van der Waals surface area contributed by atoms with E-state index in [0.29, 0.717) is 18.0 Å². The third-order valence-electron chi connectivity index (χ3n) is 3.47. The molecule has 1 atom stereocenters. The molecule has 2 rings (SSSR count). The highest BCUT2D eigenvalue weighted by atomic mass is 16.5. The van der Waals surface area contributed by atoms with Crippen molar-refractivity contribution in [2.24, 2.45) is 11.7 Å². The fourth-order valence-corrected chi connectivity index (χ4v) is 2.38. The molecule has 2 aromatic rings. The average molecular weight is 301 g/mol. The minimum atomic E-state index is -0.474. The van der Waals surface area contributed by atoms with Gasteiger partial charge in [0.1, 0.15) is 5.75 Å². The van der Waals surface area contributed by atoms with Crippen molar-refractivity contribution in [1.29, 1.82) is 0 Å². The summed E-state index contributed by atoms with van der Waals surface area (Å²) in [6.07, 6.45) is 0. The summed E-state index contributed by atoms with van der Waals surface area (Å²) in [6, 6.07) is 8.75. The molecular weight excluding hydrogens is 278 g/mol. The fourth-order valence-electron chi connectivity index (χ4n) is 2.38. The number of hydrogen-bond donors (Lipinski definition) is 1. The van der Waals surface area contributed by atoms with Crippen molar-refractivity contribution in [2.75, 3.05) is 7.11 Å². The third kappa shape index (κ3) is 3.54. The van der Waals surface area contributed by atoms with Crippen molar-refractivity contribution in [3.63, 3.8) is 0 Å². The summed E-state index contributed by atoms with van der Waals surface area (Å²) >= 11 is 0. The number of benzene rings is 1. The van der Waals surface area contributed by atoms with Crippen molar-refractivity contribution in [2.45, 2.75) is 33.4 Å². The van der Waals surface area contributed by atoms with Gasteiger partial charge in [-0.1, -0.05) is 26.0 Å². The molecular formula is C17H23N3O2. The Kier molecular flexibility index (Phi) is 4.98. The lowest BCUT2D eigenvalue weighted by Crippen LogP contribution is -2.32.